The SMILES string of the molecule is CC1CCNC1C(=O)Nc1ccc(SC2CCCC2)cc1. The first-order valence-electron chi connectivity index (χ1n) is 8.03. The number of anilines is 1. The Hall–Kier alpha value is -1.00. The second kappa shape index (κ2) is 6.84. The number of hydrogen-bond acceptors (Lipinski definition) is 3. The predicted octanol–water partition coefficient (Wildman–Crippen LogP) is 3.66. The lowest BCUT2D eigenvalue weighted by Gasteiger charge is -2.15. The van der Waals surface area contributed by atoms with Crippen molar-refractivity contribution in [1.29, 1.82) is 0 Å². The number of carbonyl (C=O) groups excluding carboxylic acids is 1. The average molecular weight is 304 g/mol. The molecule has 2 atom stereocenters. The second-order valence-corrected chi connectivity index (χ2v) is 7.61. The van der Waals surface area contributed by atoms with Gasteiger partial charge in [0.25, 0.3) is 0 Å². The van der Waals surface area contributed by atoms with Crippen LogP contribution < -0.4 is 10.6 Å². The van der Waals surface area contributed by atoms with Crippen LogP contribution in [0.5, 0.6) is 0 Å². The van der Waals surface area contributed by atoms with Crippen molar-refractivity contribution < 1.29 is 4.79 Å². The van der Waals surface area contributed by atoms with Crippen LogP contribution in [0.2, 0.25) is 0 Å². The molecule has 0 aromatic heterocycles. The molecule has 3 rings (SSSR count). The minimum atomic E-state index is -0.0439. The summed E-state index contributed by atoms with van der Waals surface area (Å²) in [5.41, 5.74) is 0.900. The highest BCUT2D eigenvalue weighted by atomic mass is 32.2. The highest BCUT2D eigenvalue weighted by Crippen LogP contribution is 2.35. The summed E-state index contributed by atoms with van der Waals surface area (Å²) < 4.78 is 0. The Bertz CT molecular complexity index is 482. The van der Waals surface area contributed by atoms with Gasteiger partial charge in [0, 0.05) is 15.8 Å². The Kier molecular flexibility index (Phi) is 4.86. The number of thioether (sulfide) groups is 1. The molecule has 2 aliphatic rings. The lowest BCUT2D eigenvalue weighted by atomic mass is 10.0. The molecule has 1 aliphatic carbocycles. The first-order chi connectivity index (χ1) is 10.2. The van der Waals surface area contributed by atoms with E-state index < -0.39 is 0 Å². The van der Waals surface area contributed by atoms with E-state index in [2.05, 4.69) is 29.7 Å². The maximum absolute atomic E-state index is 12.2. The van der Waals surface area contributed by atoms with E-state index in [0.29, 0.717) is 5.92 Å². The molecule has 0 spiro atoms. The van der Waals surface area contributed by atoms with E-state index in [-0.39, 0.29) is 11.9 Å². The van der Waals surface area contributed by atoms with Crippen molar-refractivity contribution in [2.45, 2.75) is 55.2 Å². The molecule has 2 unspecified atom stereocenters. The van der Waals surface area contributed by atoms with Crippen molar-refractivity contribution in [3.8, 4) is 0 Å². The summed E-state index contributed by atoms with van der Waals surface area (Å²) in [6.07, 6.45) is 6.51. The van der Waals surface area contributed by atoms with Gasteiger partial charge in [-0.25, -0.2) is 0 Å². The topological polar surface area (TPSA) is 41.1 Å². The molecule has 1 saturated carbocycles. The van der Waals surface area contributed by atoms with E-state index in [1.165, 1.54) is 30.6 Å². The van der Waals surface area contributed by atoms with Gasteiger partial charge in [0.1, 0.15) is 0 Å². The summed E-state index contributed by atoms with van der Waals surface area (Å²) in [7, 11) is 0. The lowest BCUT2D eigenvalue weighted by Crippen LogP contribution is -2.39. The van der Waals surface area contributed by atoms with Gasteiger partial charge in [0.2, 0.25) is 5.91 Å². The Labute approximate surface area is 131 Å². The van der Waals surface area contributed by atoms with Gasteiger partial charge in [-0.3, -0.25) is 4.79 Å². The van der Waals surface area contributed by atoms with Crippen molar-refractivity contribution in [2.75, 3.05) is 11.9 Å². The minimum Gasteiger partial charge on any atom is -0.325 e. The van der Waals surface area contributed by atoms with Crippen molar-refractivity contribution in [1.82, 2.24) is 5.32 Å². The van der Waals surface area contributed by atoms with E-state index in [9.17, 15) is 4.79 Å². The summed E-state index contributed by atoms with van der Waals surface area (Å²) in [5.74, 6) is 0.512. The molecule has 3 nitrogen and oxygen atoms in total. The maximum Gasteiger partial charge on any atom is 0.241 e. The fourth-order valence-electron chi connectivity index (χ4n) is 3.22. The van der Waals surface area contributed by atoms with Crippen LogP contribution in [0.25, 0.3) is 0 Å². The fraction of sp³-hybridized carbons (Fsp3) is 0.588. The zero-order valence-electron chi connectivity index (χ0n) is 12.6. The van der Waals surface area contributed by atoms with E-state index in [1.54, 1.807) is 0 Å². The summed E-state index contributed by atoms with van der Waals surface area (Å²) in [6, 6.07) is 8.26. The van der Waals surface area contributed by atoms with Gasteiger partial charge >= 0.3 is 0 Å². The number of carbonyl (C=O) groups is 1. The normalized spacial score (nSPS) is 26.1. The molecule has 2 fully saturated rings. The number of nitrogens with one attached hydrogen (secondary N) is 2. The molecule has 1 heterocycles. The summed E-state index contributed by atoms with van der Waals surface area (Å²) >= 11 is 1.98. The standard InChI is InChI=1S/C17H24N2OS/c1-12-10-11-18-16(12)17(20)19-13-6-8-15(9-7-13)21-14-4-2-3-5-14/h6-9,12,14,16,18H,2-5,10-11H2,1H3,(H,19,20). The van der Waals surface area contributed by atoms with Gasteiger partial charge < -0.3 is 10.6 Å². The minimum absolute atomic E-state index is 0.0439. The van der Waals surface area contributed by atoms with Crippen LogP contribution in [0.1, 0.15) is 39.0 Å². The summed E-state index contributed by atoms with van der Waals surface area (Å²) in [4.78, 5) is 13.5. The Morgan fingerprint density at radius 1 is 1.19 bits per heavy atom. The summed E-state index contributed by atoms with van der Waals surface area (Å²) in [5, 5.41) is 7.08. The lowest BCUT2D eigenvalue weighted by molar-refractivity contribution is -0.118. The van der Waals surface area contributed by atoms with Gasteiger partial charge in [0.05, 0.1) is 6.04 Å². The fourth-order valence-corrected chi connectivity index (χ4v) is 4.47. The number of benzene rings is 1. The highest BCUT2D eigenvalue weighted by molar-refractivity contribution is 8.00. The third-order valence-corrected chi connectivity index (χ3v) is 5.89. The maximum atomic E-state index is 12.2. The quantitative estimate of drug-likeness (QED) is 0.892. The molecule has 1 saturated heterocycles. The monoisotopic (exact) mass is 304 g/mol. The Morgan fingerprint density at radius 3 is 2.52 bits per heavy atom. The van der Waals surface area contributed by atoms with Crippen LogP contribution >= 0.6 is 11.8 Å². The largest absolute Gasteiger partial charge is 0.325 e. The first-order valence-corrected chi connectivity index (χ1v) is 8.91. The number of hydrogen-bond donors (Lipinski definition) is 2. The zero-order chi connectivity index (χ0) is 14.7. The van der Waals surface area contributed by atoms with Gasteiger partial charge in [-0.05, 0) is 56.0 Å². The third kappa shape index (κ3) is 3.80. The summed E-state index contributed by atoms with van der Waals surface area (Å²) in [6.45, 7) is 3.07. The molecule has 1 aromatic carbocycles. The molecule has 1 aliphatic heterocycles. The molecule has 4 heteroatoms. The smallest absolute Gasteiger partial charge is 0.241 e. The Balaban J connectivity index is 1.55. The molecule has 114 valence electrons. The number of rotatable bonds is 4. The van der Waals surface area contributed by atoms with Crippen LogP contribution in [0.15, 0.2) is 29.2 Å². The van der Waals surface area contributed by atoms with E-state index >= 15 is 0 Å². The molecule has 21 heavy (non-hydrogen) atoms. The van der Waals surface area contributed by atoms with Crippen molar-refractivity contribution in [2.24, 2.45) is 5.92 Å². The second-order valence-electron chi connectivity index (χ2n) is 6.24. The molecule has 0 radical (unpaired) electrons. The van der Waals surface area contributed by atoms with Crippen LogP contribution in [0.4, 0.5) is 5.69 Å². The average Bonchev–Trinajstić information content (AvgIpc) is 3.12. The molecule has 0 bridgehead atoms. The van der Waals surface area contributed by atoms with Crippen molar-refractivity contribution >= 4 is 23.4 Å². The highest BCUT2D eigenvalue weighted by Gasteiger charge is 2.29. The third-order valence-electron chi connectivity index (χ3n) is 4.54. The molecule has 2 N–H and O–H groups in total. The van der Waals surface area contributed by atoms with Gasteiger partial charge in [-0.15, -0.1) is 11.8 Å². The Morgan fingerprint density at radius 2 is 1.90 bits per heavy atom. The van der Waals surface area contributed by atoms with Gasteiger partial charge in [0.15, 0.2) is 0 Å². The molecular formula is C17H24N2OS. The first kappa shape index (κ1) is 14.9. The van der Waals surface area contributed by atoms with Crippen LogP contribution in [-0.4, -0.2) is 23.7 Å². The van der Waals surface area contributed by atoms with E-state index in [4.69, 9.17) is 0 Å². The van der Waals surface area contributed by atoms with Crippen molar-refractivity contribution in [3.05, 3.63) is 24.3 Å². The van der Waals surface area contributed by atoms with E-state index in [1.807, 2.05) is 23.9 Å². The molecular weight excluding hydrogens is 280 g/mol. The number of amides is 1. The predicted molar refractivity (Wildman–Crippen MR) is 88.8 cm³/mol. The van der Waals surface area contributed by atoms with Gasteiger partial charge in [-0.2, -0.15) is 0 Å². The zero-order valence-corrected chi connectivity index (χ0v) is 13.4. The van der Waals surface area contributed by atoms with Crippen molar-refractivity contribution in [3.63, 3.8) is 0 Å². The van der Waals surface area contributed by atoms with Crippen LogP contribution in [0, 0.1) is 5.92 Å². The van der Waals surface area contributed by atoms with E-state index in [0.717, 1.165) is 23.9 Å². The van der Waals surface area contributed by atoms with Crippen LogP contribution in [0.3, 0.4) is 0 Å². The molecule has 1 amide bonds. The molecule has 1 aromatic rings. The van der Waals surface area contributed by atoms with Gasteiger partial charge in [-0.1, -0.05) is 19.8 Å². The van der Waals surface area contributed by atoms with Crippen LogP contribution in [-0.2, 0) is 4.79 Å².